The first-order valence-corrected chi connectivity index (χ1v) is 5.77. The van der Waals surface area contributed by atoms with Crippen molar-refractivity contribution in [2.45, 2.75) is 0 Å². The summed E-state index contributed by atoms with van der Waals surface area (Å²) in [4.78, 5) is 25.7. The van der Waals surface area contributed by atoms with Crippen LogP contribution >= 0.6 is 34.5 Å². The number of carbonyl (C=O) groups excluding carboxylic acids is 2. The number of rotatable bonds is 4. The molecule has 0 saturated carbocycles. The molecule has 1 rings (SSSR count). The van der Waals surface area contributed by atoms with Crippen LogP contribution in [0.3, 0.4) is 0 Å². The lowest BCUT2D eigenvalue weighted by Gasteiger charge is -1.97. The van der Waals surface area contributed by atoms with Crippen LogP contribution in [-0.2, 0) is 9.59 Å². The topological polar surface area (TPSA) is 71.1 Å². The summed E-state index contributed by atoms with van der Waals surface area (Å²) in [5.74, 6) is -0.613. The molecule has 0 spiro atoms. The van der Waals surface area contributed by atoms with Crippen molar-refractivity contribution in [1.82, 2.24) is 4.98 Å². The van der Waals surface area contributed by atoms with E-state index < -0.39 is 0 Å². The van der Waals surface area contributed by atoms with Gasteiger partial charge in [0.25, 0.3) is 0 Å². The van der Waals surface area contributed by atoms with Crippen molar-refractivity contribution < 1.29 is 9.59 Å². The third-order valence-corrected chi connectivity index (χ3v) is 2.50. The normalized spacial score (nSPS) is 9.73. The minimum Gasteiger partial charge on any atom is -0.309 e. The second kappa shape index (κ2) is 5.89. The number of carbonyl (C=O) groups is 2. The Morgan fingerprint density at radius 1 is 1.27 bits per heavy atom. The number of nitrogens with one attached hydrogen (secondary N) is 2. The van der Waals surface area contributed by atoms with E-state index in [9.17, 15) is 9.59 Å². The Morgan fingerprint density at radius 2 is 1.87 bits per heavy atom. The SMILES string of the molecule is O=C(CCl)Nc1csc(NC(=O)CCl)n1. The smallest absolute Gasteiger partial charge is 0.241 e. The fourth-order valence-corrected chi connectivity index (χ4v) is 1.51. The first-order valence-electron chi connectivity index (χ1n) is 3.83. The van der Waals surface area contributed by atoms with Crippen LogP contribution in [-0.4, -0.2) is 28.6 Å². The van der Waals surface area contributed by atoms with Crippen LogP contribution in [0.5, 0.6) is 0 Å². The molecule has 0 aliphatic rings. The molecule has 1 aromatic heterocycles. The van der Waals surface area contributed by atoms with Crippen molar-refractivity contribution in [3.8, 4) is 0 Å². The van der Waals surface area contributed by atoms with E-state index in [1.165, 1.54) is 11.3 Å². The molecule has 2 amide bonds. The molecule has 0 aliphatic carbocycles. The number of hydrogen-bond acceptors (Lipinski definition) is 4. The second-order valence-electron chi connectivity index (χ2n) is 2.40. The molecule has 1 aromatic rings. The molecule has 1 heterocycles. The fraction of sp³-hybridized carbons (Fsp3) is 0.286. The van der Waals surface area contributed by atoms with E-state index in [2.05, 4.69) is 15.6 Å². The van der Waals surface area contributed by atoms with E-state index in [4.69, 9.17) is 23.2 Å². The molecule has 0 fully saturated rings. The largest absolute Gasteiger partial charge is 0.309 e. The highest BCUT2D eigenvalue weighted by Gasteiger charge is 2.07. The molecular formula is C7H7Cl2N3O2S. The zero-order chi connectivity index (χ0) is 11.3. The highest BCUT2D eigenvalue weighted by molar-refractivity contribution is 7.14. The van der Waals surface area contributed by atoms with Gasteiger partial charge in [0.05, 0.1) is 0 Å². The van der Waals surface area contributed by atoms with Gasteiger partial charge >= 0.3 is 0 Å². The minimum atomic E-state index is -0.350. The zero-order valence-electron chi connectivity index (χ0n) is 7.42. The van der Waals surface area contributed by atoms with Crippen LogP contribution in [0.15, 0.2) is 5.38 Å². The van der Waals surface area contributed by atoms with Gasteiger partial charge in [0.1, 0.15) is 17.6 Å². The van der Waals surface area contributed by atoms with Crippen molar-refractivity contribution in [2.24, 2.45) is 0 Å². The molecule has 0 unspecified atom stereocenters. The van der Waals surface area contributed by atoms with Crippen LogP contribution in [0.2, 0.25) is 0 Å². The maximum absolute atomic E-state index is 10.9. The second-order valence-corrected chi connectivity index (χ2v) is 3.79. The van der Waals surface area contributed by atoms with Crippen LogP contribution < -0.4 is 10.6 Å². The predicted octanol–water partition coefficient (Wildman–Crippen LogP) is 1.50. The molecule has 0 aromatic carbocycles. The lowest BCUT2D eigenvalue weighted by Crippen LogP contribution is -2.14. The fourth-order valence-electron chi connectivity index (χ4n) is 0.717. The maximum atomic E-state index is 10.9. The Kier molecular flexibility index (Phi) is 4.80. The molecule has 0 atom stereocenters. The van der Waals surface area contributed by atoms with Crippen molar-refractivity contribution in [1.29, 1.82) is 0 Å². The Labute approximate surface area is 99.8 Å². The lowest BCUT2D eigenvalue weighted by molar-refractivity contribution is -0.114. The summed E-state index contributed by atoms with van der Waals surface area (Å²) in [6.07, 6.45) is 0. The number of halogens is 2. The maximum Gasteiger partial charge on any atom is 0.241 e. The Morgan fingerprint density at radius 3 is 2.47 bits per heavy atom. The molecule has 5 nitrogen and oxygen atoms in total. The van der Waals surface area contributed by atoms with Gasteiger partial charge in [-0.15, -0.1) is 34.5 Å². The Balaban J connectivity index is 2.56. The molecule has 0 radical (unpaired) electrons. The van der Waals surface area contributed by atoms with Crippen LogP contribution in [0, 0.1) is 0 Å². The minimum absolute atomic E-state index is 0.136. The molecular weight excluding hydrogens is 261 g/mol. The third kappa shape index (κ3) is 4.03. The van der Waals surface area contributed by atoms with E-state index in [0.29, 0.717) is 10.9 Å². The Hall–Kier alpha value is -0.850. The number of anilines is 2. The van der Waals surface area contributed by atoms with Gasteiger partial charge in [-0.25, -0.2) is 4.98 Å². The summed E-state index contributed by atoms with van der Waals surface area (Å²) in [7, 11) is 0. The first-order chi connectivity index (χ1) is 7.15. The van der Waals surface area contributed by atoms with E-state index in [-0.39, 0.29) is 23.6 Å². The van der Waals surface area contributed by atoms with Crippen LogP contribution in [0.1, 0.15) is 0 Å². The number of hydrogen-bond donors (Lipinski definition) is 2. The van der Waals surface area contributed by atoms with Gasteiger partial charge in [-0.1, -0.05) is 0 Å². The summed E-state index contributed by atoms with van der Waals surface area (Å²) in [6, 6.07) is 0. The number of aromatic nitrogens is 1. The van der Waals surface area contributed by atoms with E-state index in [1.807, 2.05) is 0 Å². The van der Waals surface area contributed by atoms with Gasteiger partial charge < -0.3 is 10.6 Å². The third-order valence-electron chi connectivity index (χ3n) is 1.26. The van der Waals surface area contributed by atoms with Gasteiger partial charge in [-0.3, -0.25) is 9.59 Å². The van der Waals surface area contributed by atoms with Gasteiger partial charge in [0.2, 0.25) is 11.8 Å². The average Bonchev–Trinajstić information content (AvgIpc) is 2.65. The van der Waals surface area contributed by atoms with E-state index >= 15 is 0 Å². The summed E-state index contributed by atoms with van der Waals surface area (Å²) in [5, 5.41) is 6.87. The molecule has 2 N–H and O–H groups in total. The number of alkyl halides is 2. The van der Waals surface area contributed by atoms with Crippen molar-refractivity contribution in [3.63, 3.8) is 0 Å². The van der Waals surface area contributed by atoms with Crippen LogP contribution in [0.25, 0.3) is 0 Å². The quantitative estimate of drug-likeness (QED) is 0.813. The van der Waals surface area contributed by atoms with Crippen molar-refractivity contribution in [3.05, 3.63) is 5.38 Å². The Bertz CT molecular complexity index is 336. The summed E-state index contributed by atoms with van der Waals surface area (Å²) < 4.78 is 0. The zero-order valence-corrected chi connectivity index (χ0v) is 9.75. The monoisotopic (exact) mass is 267 g/mol. The number of thiazole rings is 1. The van der Waals surface area contributed by atoms with Gasteiger partial charge in [0, 0.05) is 5.38 Å². The van der Waals surface area contributed by atoms with Crippen molar-refractivity contribution in [2.75, 3.05) is 22.4 Å². The molecule has 15 heavy (non-hydrogen) atoms. The molecule has 8 heteroatoms. The number of amides is 2. The van der Waals surface area contributed by atoms with Crippen LogP contribution in [0.4, 0.5) is 10.9 Å². The summed E-state index contributed by atoms with van der Waals surface area (Å²) >= 11 is 11.8. The van der Waals surface area contributed by atoms with Gasteiger partial charge in [0.15, 0.2) is 5.13 Å². The summed E-state index contributed by atoms with van der Waals surface area (Å²) in [5.41, 5.74) is 0. The standard InChI is InChI=1S/C7H7Cl2N3O2S/c8-1-5(13)10-4-3-15-7(11-4)12-6(14)2-9/h3H,1-2H2,(H,10,13)(H,11,12,14). The lowest BCUT2D eigenvalue weighted by atomic mass is 10.6. The highest BCUT2D eigenvalue weighted by atomic mass is 35.5. The van der Waals surface area contributed by atoms with Crippen molar-refractivity contribution >= 4 is 57.3 Å². The first kappa shape index (κ1) is 12.2. The van der Waals surface area contributed by atoms with E-state index in [1.54, 1.807) is 5.38 Å². The molecule has 0 bridgehead atoms. The van der Waals surface area contributed by atoms with E-state index in [0.717, 1.165) is 0 Å². The van der Waals surface area contributed by atoms with Gasteiger partial charge in [-0.2, -0.15) is 0 Å². The molecule has 0 saturated heterocycles. The average molecular weight is 268 g/mol. The number of nitrogens with zero attached hydrogens (tertiary/aromatic N) is 1. The van der Waals surface area contributed by atoms with Gasteiger partial charge in [-0.05, 0) is 0 Å². The predicted molar refractivity (Wildman–Crippen MR) is 60.8 cm³/mol. The summed E-state index contributed by atoms with van der Waals surface area (Å²) in [6.45, 7) is 0. The molecule has 0 aliphatic heterocycles. The highest BCUT2D eigenvalue weighted by Crippen LogP contribution is 2.18. The molecule has 82 valence electrons.